The van der Waals surface area contributed by atoms with Crippen LogP contribution < -0.4 is 5.73 Å². The van der Waals surface area contributed by atoms with Crippen LogP contribution in [0, 0.1) is 0 Å². The molecule has 1 aromatic carbocycles. The minimum atomic E-state index is 0.0928. The number of hydrogen-bond donors (Lipinski definition) is 1. The van der Waals surface area contributed by atoms with Crippen molar-refractivity contribution >= 4 is 11.6 Å². The molecule has 0 saturated carbocycles. The molecule has 1 aromatic rings. The maximum atomic E-state index is 5.94. The fraction of sp³-hybridized carbons (Fsp3) is 0.273. The quantitative estimate of drug-likeness (QED) is 0.733. The first-order chi connectivity index (χ1) is 6.24. The van der Waals surface area contributed by atoms with E-state index in [9.17, 15) is 0 Å². The van der Waals surface area contributed by atoms with Crippen LogP contribution in [0.15, 0.2) is 36.9 Å². The Bertz CT molecular complexity index is 266. The lowest BCUT2D eigenvalue weighted by molar-refractivity contribution is 0.661. The molecule has 1 nitrogen and oxygen atoms in total. The predicted molar refractivity (Wildman–Crippen MR) is 57.8 cm³/mol. The van der Waals surface area contributed by atoms with Crippen LogP contribution in [0.3, 0.4) is 0 Å². The van der Waals surface area contributed by atoms with Crippen LogP contribution in [0.2, 0.25) is 5.02 Å². The van der Waals surface area contributed by atoms with Gasteiger partial charge in [0.05, 0.1) is 0 Å². The average molecular weight is 196 g/mol. The third kappa shape index (κ3) is 3.21. The summed E-state index contributed by atoms with van der Waals surface area (Å²) >= 11 is 5.76. The molecular weight excluding hydrogens is 182 g/mol. The second kappa shape index (κ2) is 5.05. The highest BCUT2D eigenvalue weighted by atomic mass is 35.5. The Morgan fingerprint density at radius 3 is 2.54 bits per heavy atom. The highest BCUT2D eigenvalue weighted by Gasteiger charge is 2.03. The first kappa shape index (κ1) is 10.3. The summed E-state index contributed by atoms with van der Waals surface area (Å²) in [6.45, 7) is 3.66. The monoisotopic (exact) mass is 195 g/mol. The number of halogens is 1. The molecule has 0 bridgehead atoms. The molecule has 2 N–H and O–H groups in total. The van der Waals surface area contributed by atoms with Crippen LogP contribution in [0.4, 0.5) is 0 Å². The van der Waals surface area contributed by atoms with Gasteiger partial charge in [0, 0.05) is 11.1 Å². The molecule has 0 fully saturated rings. The Balaban J connectivity index is 2.60. The lowest BCUT2D eigenvalue weighted by atomic mass is 10.0. The van der Waals surface area contributed by atoms with Gasteiger partial charge in [-0.2, -0.15) is 0 Å². The lowest BCUT2D eigenvalue weighted by Crippen LogP contribution is -2.09. The van der Waals surface area contributed by atoms with Gasteiger partial charge in [-0.1, -0.05) is 29.8 Å². The van der Waals surface area contributed by atoms with E-state index >= 15 is 0 Å². The molecule has 0 saturated heterocycles. The van der Waals surface area contributed by atoms with Gasteiger partial charge in [0.2, 0.25) is 0 Å². The zero-order valence-electron chi connectivity index (χ0n) is 7.54. The second-order valence-electron chi connectivity index (χ2n) is 3.02. The molecule has 13 heavy (non-hydrogen) atoms. The molecule has 0 amide bonds. The van der Waals surface area contributed by atoms with Crippen molar-refractivity contribution in [1.82, 2.24) is 0 Å². The molecule has 0 radical (unpaired) electrons. The number of benzene rings is 1. The maximum Gasteiger partial charge on any atom is 0.0406 e. The Labute approximate surface area is 84.2 Å². The van der Waals surface area contributed by atoms with Crippen LogP contribution >= 0.6 is 11.6 Å². The minimum absolute atomic E-state index is 0.0928. The Hall–Kier alpha value is -0.790. The average Bonchev–Trinajstić information content (AvgIpc) is 2.15. The van der Waals surface area contributed by atoms with Gasteiger partial charge in [-0.15, -0.1) is 6.58 Å². The molecule has 0 unspecified atom stereocenters. The molecule has 0 aromatic heterocycles. The van der Waals surface area contributed by atoms with Gasteiger partial charge in [0.25, 0.3) is 0 Å². The summed E-state index contributed by atoms with van der Waals surface area (Å²) in [5, 5.41) is 0.750. The first-order valence-corrected chi connectivity index (χ1v) is 4.74. The topological polar surface area (TPSA) is 26.0 Å². The first-order valence-electron chi connectivity index (χ1n) is 4.36. The Morgan fingerprint density at radius 1 is 1.38 bits per heavy atom. The summed E-state index contributed by atoms with van der Waals surface area (Å²) in [6, 6.07) is 7.76. The zero-order valence-corrected chi connectivity index (χ0v) is 8.30. The lowest BCUT2D eigenvalue weighted by Gasteiger charge is -2.10. The van der Waals surface area contributed by atoms with E-state index in [1.807, 2.05) is 30.3 Å². The van der Waals surface area contributed by atoms with Crippen molar-refractivity contribution < 1.29 is 0 Å². The number of allylic oxidation sites excluding steroid dienone is 1. The molecule has 0 aliphatic rings. The molecule has 1 rings (SSSR count). The second-order valence-corrected chi connectivity index (χ2v) is 3.46. The van der Waals surface area contributed by atoms with Gasteiger partial charge >= 0.3 is 0 Å². The summed E-state index contributed by atoms with van der Waals surface area (Å²) in [6.07, 6.45) is 3.77. The highest BCUT2D eigenvalue weighted by molar-refractivity contribution is 6.30. The normalized spacial score (nSPS) is 12.5. The molecule has 70 valence electrons. The van der Waals surface area contributed by atoms with E-state index in [2.05, 4.69) is 6.58 Å². The van der Waals surface area contributed by atoms with Gasteiger partial charge in [-0.25, -0.2) is 0 Å². The third-order valence-corrected chi connectivity index (χ3v) is 2.23. The van der Waals surface area contributed by atoms with Crippen molar-refractivity contribution in [2.75, 3.05) is 0 Å². The highest BCUT2D eigenvalue weighted by Crippen LogP contribution is 2.18. The number of rotatable bonds is 4. The number of nitrogens with two attached hydrogens (primary N) is 1. The summed E-state index contributed by atoms with van der Waals surface area (Å²) in [7, 11) is 0. The summed E-state index contributed by atoms with van der Waals surface area (Å²) in [5.74, 6) is 0. The van der Waals surface area contributed by atoms with Crippen LogP contribution in [0.25, 0.3) is 0 Å². The van der Waals surface area contributed by atoms with Crippen LogP contribution in [-0.2, 0) is 0 Å². The van der Waals surface area contributed by atoms with Gasteiger partial charge in [-0.3, -0.25) is 0 Å². The standard InChI is InChI=1S/C11H14ClN/c1-2-3-4-11(13)9-5-7-10(12)8-6-9/h2,5-8,11H,1,3-4,13H2/t11-/m0/s1. The summed E-state index contributed by atoms with van der Waals surface area (Å²) in [4.78, 5) is 0. The van der Waals surface area contributed by atoms with E-state index in [1.165, 1.54) is 0 Å². The van der Waals surface area contributed by atoms with E-state index in [1.54, 1.807) is 0 Å². The molecule has 0 heterocycles. The van der Waals surface area contributed by atoms with Crippen LogP contribution in [0.5, 0.6) is 0 Å². The summed E-state index contributed by atoms with van der Waals surface area (Å²) in [5.41, 5.74) is 7.07. The van der Waals surface area contributed by atoms with Crippen molar-refractivity contribution in [1.29, 1.82) is 0 Å². The van der Waals surface area contributed by atoms with E-state index in [-0.39, 0.29) is 6.04 Å². The minimum Gasteiger partial charge on any atom is -0.324 e. The van der Waals surface area contributed by atoms with E-state index in [0.717, 1.165) is 23.4 Å². The molecule has 0 aliphatic carbocycles. The van der Waals surface area contributed by atoms with Crippen molar-refractivity contribution in [2.24, 2.45) is 5.73 Å². The van der Waals surface area contributed by atoms with Gasteiger partial charge in [-0.05, 0) is 30.5 Å². The van der Waals surface area contributed by atoms with Crippen molar-refractivity contribution in [3.63, 3.8) is 0 Å². The largest absolute Gasteiger partial charge is 0.324 e. The number of hydrogen-bond acceptors (Lipinski definition) is 1. The molecule has 0 aliphatic heterocycles. The molecule has 0 spiro atoms. The fourth-order valence-electron chi connectivity index (χ4n) is 1.17. The SMILES string of the molecule is C=CCC[C@H](N)c1ccc(Cl)cc1. The van der Waals surface area contributed by atoms with Gasteiger partial charge in [0.1, 0.15) is 0 Å². The third-order valence-electron chi connectivity index (χ3n) is 1.98. The van der Waals surface area contributed by atoms with E-state index < -0.39 is 0 Å². The van der Waals surface area contributed by atoms with Crippen molar-refractivity contribution in [2.45, 2.75) is 18.9 Å². The fourth-order valence-corrected chi connectivity index (χ4v) is 1.30. The zero-order chi connectivity index (χ0) is 9.68. The van der Waals surface area contributed by atoms with E-state index in [0.29, 0.717) is 0 Å². The Morgan fingerprint density at radius 2 is 2.00 bits per heavy atom. The summed E-state index contributed by atoms with van der Waals surface area (Å²) < 4.78 is 0. The van der Waals surface area contributed by atoms with Crippen molar-refractivity contribution in [3.05, 3.63) is 47.5 Å². The maximum absolute atomic E-state index is 5.94. The van der Waals surface area contributed by atoms with Gasteiger partial charge in [0.15, 0.2) is 0 Å². The van der Waals surface area contributed by atoms with Crippen LogP contribution in [0.1, 0.15) is 24.4 Å². The van der Waals surface area contributed by atoms with E-state index in [4.69, 9.17) is 17.3 Å². The van der Waals surface area contributed by atoms with Crippen molar-refractivity contribution in [3.8, 4) is 0 Å². The smallest absolute Gasteiger partial charge is 0.0406 e. The van der Waals surface area contributed by atoms with Gasteiger partial charge < -0.3 is 5.73 Å². The predicted octanol–water partition coefficient (Wildman–Crippen LogP) is 3.31. The Kier molecular flexibility index (Phi) is 4.00. The molecule has 2 heteroatoms. The molecule has 1 atom stereocenters. The van der Waals surface area contributed by atoms with Crippen LogP contribution in [-0.4, -0.2) is 0 Å². The molecular formula is C11H14ClN.